The molecule has 20 heavy (non-hydrogen) atoms. The highest BCUT2D eigenvalue weighted by Crippen LogP contribution is 2.07. The number of aryl methyl sites for hydroxylation is 1. The predicted octanol–water partition coefficient (Wildman–Crippen LogP) is 4.19. The molecule has 2 aromatic carbocycles. The van der Waals surface area contributed by atoms with E-state index in [1.54, 1.807) is 0 Å². The van der Waals surface area contributed by atoms with Crippen molar-refractivity contribution in [2.45, 2.75) is 6.92 Å². The number of benzene rings is 2. The molecule has 0 atom stereocenters. The second-order valence-corrected chi connectivity index (χ2v) is 4.97. The van der Waals surface area contributed by atoms with E-state index in [1.807, 2.05) is 36.7 Å². The highest BCUT2D eigenvalue weighted by Gasteiger charge is 1.88. The van der Waals surface area contributed by atoms with Crippen LogP contribution in [0.15, 0.2) is 58.5 Å². The van der Waals surface area contributed by atoms with Gasteiger partial charge in [0.05, 0.1) is 13.1 Å². The molecular weight excluding hydrogens is 268 g/mol. The monoisotopic (exact) mass is 284 g/mol. The summed E-state index contributed by atoms with van der Waals surface area (Å²) >= 11 is 5.82. The van der Waals surface area contributed by atoms with Gasteiger partial charge in [0.2, 0.25) is 0 Å². The Bertz CT molecular complexity index is 528. The average molecular weight is 285 g/mol. The second-order valence-electron chi connectivity index (χ2n) is 4.53. The van der Waals surface area contributed by atoms with Crippen LogP contribution in [-0.2, 0) is 0 Å². The summed E-state index contributed by atoms with van der Waals surface area (Å²) < 4.78 is 0. The van der Waals surface area contributed by atoms with E-state index in [1.165, 1.54) is 5.56 Å². The number of hydrogen-bond donors (Lipinski definition) is 0. The smallest absolute Gasteiger partial charge is 0.0585 e. The van der Waals surface area contributed by atoms with E-state index in [4.69, 9.17) is 11.6 Å². The summed E-state index contributed by atoms with van der Waals surface area (Å²) in [4.78, 5) is 8.69. The van der Waals surface area contributed by atoms with Crippen LogP contribution >= 0.6 is 11.6 Å². The van der Waals surface area contributed by atoms with Crippen LogP contribution in [0.25, 0.3) is 0 Å². The normalized spacial score (nSPS) is 11.5. The highest BCUT2D eigenvalue weighted by atomic mass is 35.5. The molecule has 0 saturated heterocycles. The van der Waals surface area contributed by atoms with Crippen LogP contribution in [-0.4, -0.2) is 25.5 Å². The molecule has 0 aromatic heterocycles. The Morgan fingerprint density at radius 1 is 0.800 bits per heavy atom. The number of aliphatic imine (C=N–C) groups is 2. The SMILES string of the molecule is Cc1ccc(/C=N/CC/N=C/c2ccc(Cl)cc2)cc1. The molecule has 0 aliphatic heterocycles. The molecule has 0 unspecified atom stereocenters. The lowest BCUT2D eigenvalue weighted by Crippen LogP contribution is -1.90. The van der Waals surface area contributed by atoms with E-state index in [0.29, 0.717) is 13.1 Å². The minimum Gasteiger partial charge on any atom is -0.291 e. The van der Waals surface area contributed by atoms with E-state index >= 15 is 0 Å². The molecule has 2 rings (SSSR count). The Hall–Kier alpha value is -1.93. The molecular formula is C17H17ClN2. The van der Waals surface area contributed by atoms with Crippen LogP contribution in [0.5, 0.6) is 0 Å². The molecule has 0 radical (unpaired) electrons. The van der Waals surface area contributed by atoms with Gasteiger partial charge in [-0.1, -0.05) is 53.6 Å². The first-order chi connectivity index (χ1) is 9.74. The Labute approximate surface area is 124 Å². The van der Waals surface area contributed by atoms with Crippen molar-refractivity contribution in [3.05, 3.63) is 70.2 Å². The maximum atomic E-state index is 5.82. The molecule has 0 N–H and O–H groups in total. The first kappa shape index (κ1) is 14.5. The van der Waals surface area contributed by atoms with E-state index in [-0.39, 0.29) is 0 Å². The fourth-order valence-electron chi connectivity index (χ4n) is 1.66. The largest absolute Gasteiger partial charge is 0.291 e. The fourth-order valence-corrected chi connectivity index (χ4v) is 1.78. The zero-order chi connectivity index (χ0) is 14.2. The third-order valence-electron chi connectivity index (χ3n) is 2.79. The second kappa shape index (κ2) is 7.61. The summed E-state index contributed by atoms with van der Waals surface area (Å²) in [5, 5.41) is 0.741. The van der Waals surface area contributed by atoms with E-state index in [9.17, 15) is 0 Å². The quantitative estimate of drug-likeness (QED) is 0.581. The first-order valence-corrected chi connectivity index (χ1v) is 6.94. The molecule has 0 bridgehead atoms. The van der Waals surface area contributed by atoms with Crippen molar-refractivity contribution in [1.82, 2.24) is 0 Å². The summed E-state index contributed by atoms with van der Waals surface area (Å²) in [7, 11) is 0. The minimum absolute atomic E-state index is 0.686. The lowest BCUT2D eigenvalue weighted by atomic mass is 10.2. The highest BCUT2D eigenvalue weighted by molar-refractivity contribution is 6.30. The summed E-state index contributed by atoms with van der Waals surface area (Å²) in [6, 6.07) is 15.9. The van der Waals surface area contributed by atoms with Gasteiger partial charge in [-0.2, -0.15) is 0 Å². The summed E-state index contributed by atoms with van der Waals surface area (Å²) in [5.41, 5.74) is 3.43. The van der Waals surface area contributed by atoms with Gasteiger partial charge < -0.3 is 0 Å². The van der Waals surface area contributed by atoms with Gasteiger partial charge in [0.1, 0.15) is 0 Å². The molecule has 0 fully saturated rings. The first-order valence-electron chi connectivity index (χ1n) is 6.56. The zero-order valence-corrected chi connectivity index (χ0v) is 12.2. The van der Waals surface area contributed by atoms with Crippen molar-refractivity contribution in [3.8, 4) is 0 Å². The van der Waals surface area contributed by atoms with Crippen molar-refractivity contribution in [1.29, 1.82) is 0 Å². The Morgan fingerprint density at radius 2 is 1.25 bits per heavy atom. The third kappa shape index (κ3) is 4.98. The molecule has 0 heterocycles. The summed E-state index contributed by atoms with van der Waals surface area (Å²) in [6.45, 7) is 3.45. The van der Waals surface area contributed by atoms with Crippen LogP contribution in [0.3, 0.4) is 0 Å². The minimum atomic E-state index is 0.686. The average Bonchev–Trinajstić information content (AvgIpc) is 2.46. The third-order valence-corrected chi connectivity index (χ3v) is 3.04. The number of nitrogens with zero attached hydrogens (tertiary/aromatic N) is 2. The Balaban J connectivity index is 1.76. The van der Waals surface area contributed by atoms with Gasteiger partial charge >= 0.3 is 0 Å². The molecule has 2 nitrogen and oxygen atoms in total. The summed E-state index contributed by atoms with van der Waals surface area (Å²) in [5.74, 6) is 0. The lowest BCUT2D eigenvalue weighted by Gasteiger charge is -1.95. The maximum Gasteiger partial charge on any atom is 0.0585 e. The van der Waals surface area contributed by atoms with Crippen LogP contribution in [0.2, 0.25) is 5.02 Å². The molecule has 0 aliphatic rings. The van der Waals surface area contributed by atoms with Crippen molar-refractivity contribution >= 4 is 24.0 Å². The molecule has 0 amide bonds. The van der Waals surface area contributed by atoms with Crippen molar-refractivity contribution in [2.24, 2.45) is 9.98 Å². The van der Waals surface area contributed by atoms with Crippen molar-refractivity contribution in [3.63, 3.8) is 0 Å². The molecule has 2 aromatic rings. The molecule has 0 saturated carbocycles. The maximum absolute atomic E-state index is 5.82. The molecule has 0 spiro atoms. The van der Waals surface area contributed by atoms with Crippen LogP contribution in [0.4, 0.5) is 0 Å². The van der Waals surface area contributed by atoms with Crippen molar-refractivity contribution in [2.75, 3.05) is 13.1 Å². The lowest BCUT2D eigenvalue weighted by molar-refractivity contribution is 0.985. The van der Waals surface area contributed by atoms with Crippen molar-refractivity contribution < 1.29 is 0 Å². The Morgan fingerprint density at radius 3 is 1.75 bits per heavy atom. The zero-order valence-electron chi connectivity index (χ0n) is 11.5. The van der Waals surface area contributed by atoms with Gasteiger partial charge in [-0.05, 0) is 30.2 Å². The van der Waals surface area contributed by atoms with Crippen LogP contribution in [0.1, 0.15) is 16.7 Å². The number of halogens is 1. The topological polar surface area (TPSA) is 24.7 Å². The molecule has 102 valence electrons. The van der Waals surface area contributed by atoms with Crippen LogP contribution in [0, 0.1) is 6.92 Å². The fraction of sp³-hybridized carbons (Fsp3) is 0.176. The van der Waals surface area contributed by atoms with Gasteiger partial charge in [-0.3, -0.25) is 9.98 Å². The summed E-state index contributed by atoms with van der Waals surface area (Å²) in [6.07, 6.45) is 3.73. The standard InChI is InChI=1S/C17H17ClN2/c1-14-2-4-15(5-3-14)12-19-10-11-20-13-16-6-8-17(18)9-7-16/h2-9,12-13H,10-11H2,1H3/b19-12+,20-13+. The van der Waals surface area contributed by atoms with E-state index < -0.39 is 0 Å². The van der Waals surface area contributed by atoms with Gasteiger partial charge in [0, 0.05) is 17.5 Å². The van der Waals surface area contributed by atoms with Gasteiger partial charge in [-0.25, -0.2) is 0 Å². The van der Waals surface area contributed by atoms with E-state index in [0.717, 1.165) is 16.1 Å². The van der Waals surface area contributed by atoms with Gasteiger partial charge in [-0.15, -0.1) is 0 Å². The van der Waals surface area contributed by atoms with E-state index in [2.05, 4.69) is 41.2 Å². The number of rotatable bonds is 5. The predicted molar refractivity (Wildman–Crippen MR) is 87.6 cm³/mol. The molecule has 3 heteroatoms. The van der Waals surface area contributed by atoms with Gasteiger partial charge in [0.25, 0.3) is 0 Å². The number of hydrogen-bond acceptors (Lipinski definition) is 2. The van der Waals surface area contributed by atoms with Crippen LogP contribution < -0.4 is 0 Å². The van der Waals surface area contributed by atoms with Gasteiger partial charge in [0.15, 0.2) is 0 Å². The molecule has 0 aliphatic carbocycles. The Kier molecular flexibility index (Phi) is 5.51.